The molecular weight excluding hydrogens is 300 g/mol. The van der Waals surface area contributed by atoms with Crippen LogP contribution in [-0.2, 0) is 7.05 Å². The number of rotatable bonds is 2. The molecule has 0 atom stereocenters. The van der Waals surface area contributed by atoms with E-state index in [2.05, 4.69) is 18.8 Å². The van der Waals surface area contributed by atoms with Crippen molar-refractivity contribution in [3.05, 3.63) is 58.1 Å². The van der Waals surface area contributed by atoms with Crippen LogP contribution >= 0.6 is 0 Å². The van der Waals surface area contributed by atoms with Gasteiger partial charge in [0.25, 0.3) is 5.56 Å². The number of hydrogen-bond acceptors (Lipinski definition) is 3. The molecule has 0 fully saturated rings. The van der Waals surface area contributed by atoms with Gasteiger partial charge in [-0.1, -0.05) is 53.7 Å². The maximum Gasteiger partial charge on any atom is 0.253 e. The van der Waals surface area contributed by atoms with Crippen LogP contribution in [0, 0.1) is 6.92 Å². The molecule has 2 rings (SSSR count). The molecule has 0 radical (unpaired) electrons. The van der Waals surface area contributed by atoms with E-state index >= 15 is 0 Å². The molecule has 2 aromatic heterocycles. The Hall–Kier alpha value is -2.10. The van der Waals surface area contributed by atoms with Crippen LogP contribution in [0.4, 0.5) is 0 Å². The van der Waals surface area contributed by atoms with E-state index in [9.17, 15) is 4.79 Å². The monoisotopic (exact) mass is 334 g/mol. The fourth-order valence-corrected chi connectivity index (χ4v) is 1.75. The summed E-state index contributed by atoms with van der Waals surface area (Å²) in [7, 11) is 3.39. The SMILES string of the molecule is CC.CC.COc1ncccc1C(C)C.Cc1cccn(C)c1=O. The first-order chi connectivity index (χ1) is 11.5. The third-order valence-corrected chi connectivity index (χ3v) is 2.93. The van der Waals surface area contributed by atoms with Crippen LogP contribution in [0.3, 0.4) is 0 Å². The predicted octanol–water partition coefficient (Wildman–Crippen LogP) is 4.96. The summed E-state index contributed by atoms with van der Waals surface area (Å²) in [6.07, 6.45) is 3.49. The molecule has 0 saturated carbocycles. The summed E-state index contributed by atoms with van der Waals surface area (Å²) >= 11 is 0. The predicted molar refractivity (Wildman–Crippen MR) is 104 cm³/mol. The number of aromatic nitrogens is 2. The fraction of sp³-hybridized carbons (Fsp3) is 0.500. The molecule has 2 heterocycles. The third-order valence-electron chi connectivity index (χ3n) is 2.93. The first kappa shape index (κ1) is 24.2. The molecule has 0 aliphatic heterocycles. The van der Waals surface area contributed by atoms with E-state index in [1.807, 2.05) is 58.9 Å². The lowest BCUT2D eigenvalue weighted by molar-refractivity contribution is 0.390. The largest absolute Gasteiger partial charge is 0.481 e. The zero-order valence-electron chi connectivity index (χ0n) is 16.8. The summed E-state index contributed by atoms with van der Waals surface area (Å²) in [5.41, 5.74) is 2.03. The normalized spacial score (nSPS) is 8.75. The van der Waals surface area contributed by atoms with Gasteiger partial charge in [0, 0.05) is 30.6 Å². The summed E-state index contributed by atoms with van der Waals surface area (Å²) in [5.74, 6) is 1.21. The minimum Gasteiger partial charge on any atom is -0.481 e. The van der Waals surface area contributed by atoms with Crippen LogP contribution in [-0.4, -0.2) is 16.7 Å². The van der Waals surface area contributed by atoms with Crippen molar-refractivity contribution in [3.63, 3.8) is 0 Å². The number of hydrogen-bond donors (Lipinski definition) is 0. The first-order valence-corrected chi connectivity index (χ1v) is 8.58. The van der Waals surface area contributed by atoms with E-state index in [1.165, 1.54) is 0 Å². The zero-order valence-corrected chi connectivity index (χ0v) is 16.8. The van der Waals surface area contributed by atoms with Gasteiger partial charge in [0.2, 0.25) is 5.88 Å². The zero-order chi connectivity index (χ0) is 19.1. The van der Waals surface area contributed by atoms with Gasteiger partial charge in [-0.15, -0.1) is 0 Å². The van der Waals surface area contributed by atoms with Crippen molar-refractivity contribution < 1.29 is 4.74 Å². The van der Waals surface area contributed by atoms with Gasteiger partial charge in [-0.25, -0.2) is 4.98 Å². The highest BCUT2D eigenvalue weighted by Crippen LogP contribution is 2.22. The van der Waals surface area contributed by atoms with Gasteiger partial charge in [0.1, 0.15) is 0 Å². The molecule has 0 spiro atoms. The van der Waals surface area contributed by atoms with E-state index in [1.54, 1.807) is 31.1 Å². The first-order valence-electron chi connectivity index (χ1n) is 8.58. The Balaban J connectivity index is 0. The van der Waals surface area contributed by atoms with Crippen LogP contribution in [0.5, 0.6) is 5.88 Å². The van der Waals surface area contributed by atoms with Gasteiger partial charge in [0.05, 0.1) is 7.11 Å². The summed E-state index contributed by atoms with van der Waals surface area (Å²) in [6, 6.07) is 7.63. The molecule has 136 valence electrons. The summed E-state index contributed by atoms with van der Waals surface area (Å²) in [4.78, 5) is 15.0. The van der Waals surface area contributed by atoms with E-state index in [-0.39, 0.29) is 5.56 Å². The molecule has 0 aromatic carbocycles. The average Bonchev–Trinajstić information content (AvgIpc) is 2.63. The Bertz CT molecular complexity index is 581. The molecule has 24 heavy (non-hydrogen) atoms. The lowest BCUT2D eigenvalue weighted by Gasteiger charge is -2.08. The highest BCUT2D eigenvalue weighted by atomic mass is 16.5. The van der Waals surface area contributed by atoms with E-state index in [0.717, 1.165) is 17.0 Å². The van der Waals surface area contributed by atoms with Gasteiger partial charge in [-0.3, -0.25) is 4.79 Å². The van der Waals surface area contributed by atoms with Crippen molar-refractivity contribution in [1.29, 1.82) is 0 Å². The summed E-state index contributed by atoms with van der Waals surface area (Å²) < 4.78 is 6.66. The van der Waals surface area contributed by atoms with Crippen LogP contribution in [0.15, 0.2) is 41.5 Å². The van der Waals surface area contributed by atoms with Gasteiger partial charge in [0.15, 0.2) is 0 Å². The fourth-order valence-electron chi connectivity index (χ4n) is 1.75. The third kappa shape index (κ3) is 8.51. The quantitative estimate of drug-likeness (QED) is 0.779. The minimum atomic E-state index is 0.0810. The Labute approximate surface area is 147 Å². The van der Waals surface area contributed by atoms with Gasteiger partial charge in [-0.2, -0.15) is 0 Å². The average molecular weight is 335 g/mol. The van der Waals surface area contributed by atoms with Crippen molar-refractivity contribution in [1.82, 2.24) is 9.55 Å². The van der Waals surface area contributed by atoms with E-state index < -0.39 is 0 Å². The second-order valence-electron chi connectivity index (χ2n) is 4.86. The molecule has 4 nitrogen and oxygen atoms in total. The molecule has 0 saturated heterocycles. The van der Waals surface area contributed by atoms with Gasteiger partial charge in [-0.05, 0) is 25.0 Å². The summed E-state index contributed by atoms with van der Waals surface area (Å²) in [6.45, 7) is 14.1. The Morgan fingerprint density at radius 1 is 1.08 bits per heavy atom. The van der Waals surface area contributed by atoms with Crippen molar-refractivity contribution in [3.8, 4) is 5.88 Å². The number of nitrogens with zero attached hydrogens (tertiary/aromatic N) is 2. The van der Waals surface area contributed by atoms with E-state index in [0.29, 0.717) is 5.92 Å². The molecule has 0 N–H and O–H groups in total. The minimum absolute atomic E-state index is 0.0810. The molecular formula is C20H34N2O2. The molecule has 0 bridgehead atoms. The maximum atomic E-state index is 10.9. The number of methoxy groups -OCH3 is 1. The summed E-state index contributed by atoms with van der Waals surface area (Å²) in [5, 5.41) is 0. The van der Waals surface area contributed by atoms with E-state index in [4.69, 9.17) is 4.74 Å². The lowest BCUT2D eigenvalue weighted by Crippen LogP contribution is -2.17. The van der Waals surface area contributed by atoms with Crippen LogP contribution in [0.1, 0.15) is 58.6 Å². The Morgan fingerprint density at radius 2 is 1.67 bits per heavy atom. The van der Waals surface area contributed by atoms with Gasteiger partial charge < -0.3 is 9.30 Å². The highest BCUT2D eigenvalue weighted by molar-refractivity contribution is 5.28. The van der Waals surface area contributed by atoms with Crippen LogP contribution in [0.25, 0.3) is 0 Å². The molecule has 4 heteroatoms. The van der Waals surface area contributed by atoms with Crippen LogP contribution < -0.4 is 10.3 Å². The molecule has 0 aliphatic rings. The number of pyridine rings is 2. The second-order valence-corrected chi connectivity index (χ2v) is 4.86. The highest BCUT2D eigenvalue weighted by Gasteiger charge is 2.05. The van der Waals surface area contributed by atoms with Crippen LogP contribution in [0.2, 0.25) is 0 Å². The molecule has 0 amide bonds. The molecule has 2 aromatic rings. The van der Waals surface area contributed by atoms with Gasteiger partial charge >= 0.3 is 0 Å². The Kier molecular flexibility index (Phi) is 14.6. The Morgan fingerprint density at radius 3 is 2.04 bits per heavy atom. The van der Waals surface area contributed by atoms with Crippen molar-refractivity contribution in [2.75, 3.05) is 7.11 Å². The number of ether oxygens (including phenoxy) is 1. The maximum absolute atomic E-state index is 10.9. The van der Waals surface area contributed by atoms with Crippen molar-refractivity contribution >= 4 is 0 Å². The lowest BCUT2D eigenvalue weighted by atomic mass is 10.1. The van der Waals surface area contributed by atoms with Crippen molar-refractivity contribution in [2.24, 2.45) is 7.05 Å². The molecule has 0 aliphatic carbocycles. The topological polar surface area (TPSA) is 44.1 Å². The smallest absolute Gasteiger partial charge is 0.253 e. The standard InChI is InChI=1S/C9H13NO.C7H9NO.2C2H6/c1-7(2)8-5-4-6-10-9(8)11-3;1-6-4-3-5-8(2)7(6)9;2*1-2/h4-7H,1-3H3;3-5H,1-2H3;2*1-2H3. The second kappa shape index (κ2) is 14.5. The van der Waals surface area contributed by atoms with Crippen molar-refractivity contribution in [2.45, 2.75) is 54.4 Å². The molecule has 0 unspecified atom stereocenters. The number of aryl methyl sites for hydroxylation is 2.